The van der Waals surface area contributed by atoms with Crippen LogP contribution in [0.3, 0.4) is 0 Å². The lowest BCUT2D eigenvalue weighted by atomic mass is 10.3. The van der Waals surface area contributed by atoms with Gasteiger partial charge in [0.05, 0.1) is 28.9 Å². The van der Waals surface area contributed by atoms with E-state index in [1.807, 2.05) is 0 Å². The lowest BCUT2D eigenvalue weighted by molar-refractivity contribution is 0.0272. The van der Waals surface area contributed by atoms with Gasteiger partial charge in [-0.25, -0.2) is 13.4 Å². The molecule has 106 valence electrons. The number of halogens is 2. The van der Waals surface area contributed by atoms with E-state index in [1.54, 1.807) is 5.01 Å². The number of anilines is 1. The Morgan fingerprint density at radius 3 is 2.53 bits per heavy atom. The Labute approximate surface area is 121 Å². The molecule has 3 N–H and O–H groups in total. The van der Waals surface area contributed by atoms with Gasteiger partial charge in [-0.15, -0.1) is 4.83 Å². The molecule has 19 heavy (non-hydrogen) atoms. The lowest BCUT2D eigenvalue weighted by Crippen LogP contribution is -2.48. The fourth-order valence-corrected chi connectivity index (χ4v) is 3.52. The van der Waals surface area contributed by atoms with Gasteiger partial charge in [0.1, 0.15) is 4.90 Å². The van der Waals surface area contributed by atoms with Crippen LogP contribution in [0.2, 0.25) is 10.0 Å². The molecule has 1 aromatic rings. The number of hydrogen-bond acceptors (Lipinski definition) is 5. The Kier molecular flexibility index (Phi) is 4.54. The molecule has 1 aromatic carbocycles. The van der Waals surface area contributed by atoms with Crippen LogP contribution >= 0.6 is 23.2 Å². The Morgan fingerprint density at radius 1 is 1.26 bits per heavy atom. The number of hydrazine groups is 1. The second-order valence-electron chi connectivity index (χ2n) is 3.97. The van der Waals surface area contributed by atoms with E-state index in [4.69, 9.17) is 33.7 Å². The predicted molar refractivity (Wildman–Crippen MR) is 73.6 cm³/mol. The number of nitrogens with one attached hydrogen (secondary N) is 1. The first-order valence-corrected chi connectivity index (χ1v) is 7.74. The molecule has 0 aromatic heterocycles. The van der Waals surface area contributed by atoms with Crippen LogP contribution in [0.4, 0.5) is 5.69 Å². The molecule has 6 nitrogen and oxygen atoms in total. The van der Waals surface area contributed by atoms with Gasteiger partial charge in [-0.2, -0.15) is 0 Å². The maximum absolute atomic E-state index is 12.2. The SMILES string of the molecule is Nc1c(Cl)ccc(S(=O)(=O)NN2CCOCC2)c1Cl. The number of nitrogens with two attached hydrogens (primary N) is 1. The van der Waals surface area contributed by atoms with E-state index in [2.05, 4.69) is 4.83 Å². The van der Waals surface area contributed by atoms with Gasteiger partial charge in [0.2, 0.25) is 0 Å². The number of hydrogen-bond donors (Lipinski definition) is 2. The van der Waals surface area contributed by atoms with Crippen molar-refractivity contribution in [2.24, 2.45) is 0 Å². The zero-order valence-corrected chi connectivity index (χ0v) is 12.2. The summed E-state index contributed by atoms with van der Waals surface area (Å²) in [5.41, 5.74) is 5.67. The van der Waals surface area contributed by atoms with E-state index in [-0.39, 0.29) is 20.6 Å². The van der Waals surface area contributed by atoms with Crippen LogP contribution in [-0.2, 0) is 14.8 Å². The summed E-state index contributed by atoms with van der Waals surface area (Å²) < 4.78 is 29.6. The van der Waals surface area contributed by atoms with Gasteiger partial charge in [0, 0.05) is 13.1 Å². The van der Waals surface area contributed by atoms with Crippen LogP contribution in [0, 0.1) is 0 Å². The zero-order valence-electron chi connectivity index (χ0n) is 9.90. The fourth-order valence-electron chi connectivity index (χ4n) is 1.63. The molecule has 9 heteroatoms. The molecule has 1 aliphatic rings. The summed E-state index contributed by atoms with van der Waals surface area (Å²) in [5.74, 6) is 0. The second-order valence-corrected chi connectivity index (χ2v) is 6.38. The third kappa shape index (κ3) is 3.31. The molecule has 0 radical (unpaired) electrons. The molecule has 0 aliphatic carbocycles. The largest absolute Gasteiger partial charge is 0.396 e. The van der Waals surface area contributed by atoms with Gasteiger partial charge >= 0.3 is 0 Å². The molecule has 0 spiro atoms. The van der Waals surface area contributed by atoms with Crippen molar-refractivity contribution >= 4 is 38.9 Å². The average molecular weight is 326 g/mol. The number of ether oxygens (including phenoxy) is 1. The topological polar surface area (TPSA) is 84.7 Å². The highest BCUT2D eigenvalue weighted by molar-refractivity contribution is 7.89. The summed E-state index contributed by atoms with van der Waals surface area (Å²) in [6.07, 6.45) is 0. The Hall–Kier alpha value is -0.570. The molecule has 0 saturated carbocycles. The monoisotopic (exact) mass is 325 g/mol. The van der Waals surface area contributed by atoms with Crippen LogP contribution in [-0.4, -0.2) is 39.7 Å². The van der Waals surface area contributed by atoms with E-state index in [0.717, 1.165) is 0 Å². The minimum atomic E-state index is -3.78. The normalized spacial score (nSPS) is 17.6. The van der Waals surface area contributed by atoms with Crippen molar-refractivity contribution in [3.8, 4) is 0 Å². The number of sulfonamides is 1. The summed E-state index contributed by atoms with van der Waals surface area (Å²) in [4.78, 5) is 2.35. The molecular weight excluding hydrogens is 313 g/mol. The van der Waals surface area contributed by atoms with Crippen molar-refractivity contribution in [2.45, 2.75) is 4.90 Å². The van der Waals surface area contributed by atoms with E-state index >= 15 is 0 Å². The minimum absolute atomic E-state index is 0.0492. The third-order valence-corrected chi connectivity index (χ3v) is 4.91. The molecule has 1 fully saturated rings. The average Bonchev–Trinajstić information content (AvgIpc) is 2.36. The molecule has 0 amide bonds. The molecule has 0 atom stereocenters. The van der Waals surface area contributed by atoms with Crippen LogP contribution < -0.4 is 10.6 Å². The predicted octanol–water partition coefficient (Wildman–Crippen LogP) is 1.10. The third-order valence-electron chi connectivity index (χ3n) is 2.64. The van der Waals surface area contributed by atoms with E-state index in [0.29, 0.717) is 26.3 Å². The van der Waals surface area contributed by atoms with Gasteiger partial charge in [0.15, 0.2) is 0 Å². The number of nitrogen functional groups attached to an aromatic ring is 1. The highest BCUT2D eigenvalue weighted by atomic mass is 35.5. The Bertz CT molecular complexity index is 574. The number of rotatable bonds is 3. The first-order valence-electron chi connectivity index (χ1n) is 5.50. The molecule has 0 unspecified atom stereocenters. The van der Waals surface area contributed by atoms with Crippen molar-refractivity contribution in [2.75, 3.05) is 32.0 Å². The van der Waals surface area contributed by atoms with Crippen LogP contribution in [0.25, 0.3) is 0 Å². The summed E-state index contributed by atoms with van der Waals surface area (Å²) in [5, 5.41) is 1.70. The van der Waals surface area contributed by atoms with Gasteiger partial charge < -0.3 is 10.5 Å². The smallest absolute Gasteiger partial charge is 0.255 e. The summed E-state index contributed by atoms with van der Waals surface area (Å²) >= 11 is 11.7. The van der Waals surface area contributed by atoms with Crippen molar-refractivity contribution < 1.29 is 13.2 Å². The van der Waals surface area contributed by atoms with Crippen LogP contribution in [0.15, 0.2) is 17.0 Å². The molecule has 0 bridgehead atoms. The first kappa shape index (κ1) is 14.8. The van der Waals surface area contributed by atoms with Crippen LogP contribution in [0.5, 0.6) is 0 Å². The zero-order chi connectivity index (χ0) is 14.0. The van der Waals surface area contributed by atoms with Gasteiger partial charge in [-0.3, -0.25) is 0 Å². The number of nitrogens with zero attached hydrogens (tertiary/aromatic N) is 1. The number of benzene rings is 1. The van der Waals surface area contributed by atoms with E-state index in [9.17, 15) is 8.42 Å². The van der Waals surface area contributed by atoms with Gasteiger partial charge in [-0.1, -0.05) is 23.2 Å². The standard InChI is InChI=1S/C10H13Cl2N3O3S/c11-7-1-2-8(9(12)10(7)13)19(16,17)14-15-3-5-18-6-4-15/h1-2,14H,3-6,13H2. The Balaban J connectivity index is 2.26. The molecular formula is C10H13Cl2N3O3S. The molecule has 1 aliphatic heterocycles. The highest BCUT2D eigenvalue weighted by Crippen LogP contribution is 2.32. The van der Waals surface area contributed by atoms with E-state index < -0.39 is 10.0 Å². The summed E-state index contributed by atoms with van der Waals surface area (Å²) in [6.45, 7) is 1.89. The first-order chi connectivity index (χ1) is 8.92. The quantitative estimate of drug-likeness (QED) is 0.813. The van der Waals surface area contributed by atoms with Gasteiger partial charge in [-0.05, 0) is 12.1 Å². The van der Waals surface area contributed by atoms with Crippen LogP contribution in [0.1, 0.15) is 0 Å². The lowest BCUT2D eigenvalue weighted by Gasteiger charge is -2.26. The van der Waals surface area contributed by atoms with Crippen molar-refractivity contribution in [3.05, 3.63) is 22.2 Å². The van der Waals surface area contributed by atoms with E-state index in [1.165, 1.54) is 12.1 Å². The molecule has 1 saturated heterocycles. The highest BCUT2D eigenvalue weighted by Gasteiger charge is 2.24. The van der Waals surface area contributed by atoms with Crippen molar-refractivity contribution in [1.82, 2.24) is 9.84 Å². The maximum Gasteiger partial charge on any atom is 0.255 e. The Morgan fingerprint density at radius 2 is 1.89 bits per heavy atom. The summed E-state index contributed by atoms with van der Waals surface area (Å²) in [7, 11) is -3.78. The van der Waals surface area contributed by atoms with Gasteiger partial charge in [0.25, 0.3) is 10.0 Å². The molecule has 2 rings (SSSR count). The maximum atomic E-state index is 12.2. The molecule has 1 heterocycles. The van der Waals surface area contributed by atoms with Crippen molar-refractivity contribution in [3.63, 3.8) is 0 Å². The minimum Gasteiger partial charge on any atom is -0.396 e. The second kappa shape index (κ2) is 5.82. The number of morpholine rings is 1. The van der Waals surface area contributed by atoms with Crippen molar-refractivity contribution in [1.29, 1.82) is 0 Å². The summed E-state index contributed by atoms with van der Waals surface area (Å²) in [6, 6.07) is 2.72. The fraction of sp³-hybridized carbons (Fsp3) is 0.400.